The molecule has 0 radical (unpaired) electrons. The normalized spacial score (nSPS) is 11.4. The molecule has 11 heteroatoms. The van der Waals surface area contributed by atoms with Crippen LogP contribution in [0.1, 0.15) is 21.7 Å². The van der Waals surface area contributed by atoms with Gasteiger partial charge in [0.15, 0.2) is 0 Å². The van der Waals surface area contributed by atoms with Crippen molar-refractivity contribution in [3.05, 3.63) is 64.3 Å². The van der Waals surface area contributed by atoms with E-state index in [1.807, 2.05) is 0 Å². The number of alkyl halides is 3. The minimum absolute atomic E-state index is 0.0178. The number of nitrogens with one attached hydrogen (secondary N) is 2. The van der Waals surface area contributed by atoms with Crippen molar-refractivity contribution in [2.45, 2.75) is 13.1 Å². The number of pyridine rings is 1. The van der Waals surface area contributed by atoms with Crippen LogP contribution in [0.4, 0.5) is 23.4 Å². The molecule has 0 saturated heterocycles. The molecule has 0 aliphatic rings. The molecule has 2 aromatic heterocycles. The molecular formula is C19H15ClF4N4O2. The Kier molecular flexibility index (Phi) is 6.25. The molecule has 3 rings (SSSR count). The number of hydrogen-bond acceptors (Lipinski definition) is 5. The van der Waals surface area contributed by atoms with E-state index in [1.54, 1.807) is 0 Å². The Morgan fingerprint density at radius 2 is 1.97 bits per heavy atom. The molecule has 0 spiro atoms. The Labute approximate surface area is 173 Å². The van der Waals surface area contributed by atoms with Crippen LogP contribution in [0.15, 0.2) is 41.1 Å². The third-order valence-corrected chi connectivity index (χ3v) is 4.42. The summed E-state index contributed by atoms with van der Waals surface area (Å²) in [5.74, 6) is -1.53. The zero-order valence-corrected chi connectivity index (χ0v) is 16.2. The fourth-order valence-electron chi connectivity index (χ4n) is 2.75. The average molecular weight is 443 g/mol. The third kappa shape index (κ3) is 4.54. The summed E-state index contributed by atoms with van der Waals surface area (Å²) in [6, 6.07) is 6.10. The predicted molar refractivity (Wildman–Crippen MR) is 102 cm³/mol. The summed E-state index contributed by atoms with van der Waals surface area (Å²) in [7, 11) is 0. The van der Waals surface area contributed by atoms with Crippen LogP contribution in [0.2, 0.25) is 5.02 Å². The van der Waals surface area contributed by atoms with Gasteiger partial charge < -0.3 is 15.2 Å². The fraction of sp³-hybridized carbons (Fsp3) is 0.211. The topological polar surface area (TPSA) is 80.0 Å². The third-order valence-electron chi connectivity index (χ3n) is 4.11. The standard InChI is InChI=1S/C19H15ClF4N4O2/c1-10-14(16(28-30-10)15-12(20)5-2-6-13(15)21)18(29)27-9-8-26-17-11(19(22,23)24)4-3-7-25-17/h2-7H,8-9H2,1H3,(H,25,26)(H,27,29). The van der Waals surface area contributed by atoms with Crippen molar-refractivity contribution in [3.63, 3.8) is 0 Å². The first-order valence-corrected chi connectivity index (χ1v) is 9.03. The molecule has 0 fully saturated rings. The van der Waals surface area contributed by atoms with Crippen molar-refractivity contribution >= 4 is 23.3 Å². The van der Waals surface area contributed by atoms with Crippen LogP contribution in [-0.2, 0) is 6.18 Å². The van der Waals surface area contributed by atoms with Crippen LogP contribution in [0.3, 0.4) is 0 Å². The van der Waals surface area contributed by atoms with E-state index in [-0.39, 0.29) is 46.5 Å². The molecule has 0 aliphatic heterocycles. The number of carbonyl (C=O) groups excluding carboxylic acids is 1. The zero-order valence-electron chi connectivity index (χ0n) is 15.5. The molecule has 0 unspecified atom stereocenters. The minimum atomic E-state index is -4.56. The number of aromatic nitrogens is 2. The Morgan fingerprint density at radius 3 is 2.67 bits per heavy atom. The van der Waals surface area contributed by atoms with Crippen molar-refractivity contribution < 1.29 is 26.9 Å². The fourth-order valence-corrected chi connectivity index (χ4v) is 3.01. The van der Waals surface area contributed by atoms with Crippen molar-refractivity contribution in [2.24, 2.45) is 0 Å². The SMILES string of the molecule is Cc1onc(-c2c(F)cccc2Cl)c1C(=O)NCCNc1ncccc1C(F)(F)F. The van der Waals surface area contributed by atoms with E-state index >= 15 is 0 Å². The molecule has 2 heterocycles. The molecule has 158 valence electrons. The molecule has 1 amide bonds. The van der Waals surface area contributed by atoms with E-state index < -0.39 is 23.5 Å². The van der Waals surface area contributed by atoms with Crippen molar-refractivity contribution in [1.82, 2.24) is 15.5 Å². The lowest BCUT2D eigenvalue weighted by atomic mass is 10.0. The van der Waals surface area contributed by atoms with Gasteiger partial charge in [-0.25, -0.2) is 9.37 Å². The molecule has 0 bridgehead atoms. The quantitative estimate of drug-likeness (QED) is 0.427. The summed E-state index contributed by atoms with van der Waals surface area (Å²) in [6.07, 6.45) is -3.34. The number of hydrogen-bond donors (Lipinski definition) is 2. The molecule has 30 heavy (non-hydrogen) atoms. The van der Waals surface area contributed by atoms with Gasteiger partial charge in [-0.1, -0.05) is 22.8 Å². The molecule has 2 N–H and O–H groups in total. The Balaban J connectivity index is 1.70. The van der Waals surface area contributed by atoms with Crippen LogP contribution in [0.25, 0.3) is 11.3 Å². The Bertz CT molecular complexity index is 1050. The number of carbonyl (C=O) groups is 1. The van der Waals surface area contributed by atoms with Gasteiger partial charge in [0.05, 0.1) is 16.1 Å². The molecule has 6 nitrogen and oxygen atoms in total. The summed E-state index contributed by atoms with van der Waals surface area (Å²) < 4.78 is 58.2. The second-order valence-corrected chi connectivity index (χ2v) is 6.55. The highest BCUT2D eigenvalue weighted by Gasteiger charge is 2.34. The van der Waals surface area contributed by atoms with Crippen LogP contribution in [0.5, 0.6) is 0 Å². The molecule has 3 aromatic rings. The first kappa shape index (κ1) is 21.6. The van der Waals surface area contributed by atoms with Gasteiger partial charge in [0.25, 0.3) is 5.91 Å². The number of amides is 1. The van der Waals surface area contributed by atoms with Crippen molar-refractivity contribution in [3.8, 4) is 11.3 Å². The van der Waals surface area contributed by atoms with Crippen molar-refractivity contribution in [2.75, 3.05) is 18.4 Å². The highest BCUT2D eigenvalue weighted by Crippen LogP contribution is 2.34. The number of aryl methyl sites for hydroxylation is 1. The Morgan fingerprint density at radius 1 is 1.20 bits per heavy atom. The smallest absolute Gasteiger partial charge is 0.368 e. The average Bonchev–Trinajstić information content (AvgIpc) is 3.05. The lowest BCUT2D eigenvalue weighted by Gasteiger charge is -2.13. The molecular weight excluding hydrogens is 428 g/mol. The van der Waals surface area contributed by atoms with Gasteiger partial charge in [-0.15, -0.1) is 0 Å². The number of halogens is 5. The van der Waals surface area contributed by atoms with Crippen LogP contribution in [0, 0.1) is 12.7 Å². The summed E-state index contributed by atoms with van der Waals surface area (Å²) in [5, 5.41) is 8.84. The maximum absolute atomic E-state index is 14.2. The zero-order chi connectivity index (χ0) is 21.9. The molecule has 0 atom stereocenters. The summed E-state index contributed by atoms with van der Waals surface area (Å²) in [6.45, 7) is 1.40. The van der Waals surface area contributed by atoms with Crippen LogP contribution in [-0.4, -0.2) is 29.1 Å². The van der Waals surface area contributed by atoms with Gasteiger partial charge in [0, 0.05) is 19.3 Å². The van der Waals surface area contributed by atoms with Gasteiger partial charge in [0.1, 0.15) is 28.7 Å². The lowest BCUT2D eigenvalue weighted by molar-refractivity contribution is -0.137. The van der Waals surface area contributed by atoms with Gasteiger partial charge in [-0.05, 0) is 31.2 Å². The van der Waals surface area contributed by atoms with Gasteiger partial charge in [-0.2, -0.15) is 13.2 Å². The van der Waals surface area contributed by atoms with Crippen molar-refractivity contribution in [1.29, 1.82) is 0 Å². The highest BCUT2D eigenvalue weighted by atomic mass is 35.5. The monoisotopic (exact) mass is 442 g/mol. The minimum Gasteiger partial charge on any atom is -0.368 e. The van der Waals surface area contributed by atoms with E-state index in [1.165, 1.54) is 37.4 Å². The number of rotatable bonds is 6. The largest absolute Gasteiger partial charge is 0.419 e. The maximum atomic E-state index is 14.2. The lowest BCUT2D eigenvalue weighted by Crippen LogP contribution is -2.30. The molecule has 0 saturated carbocycles. The maximum Gasteiger partial charge on any atom is 0.419 e. The summed E-state index contributed by atoms with van der Waals surface area (Å²) in [4.78, 5) is 16.3. The number of anilines is 1. The van der Waals surface area contributed by atoms with Crippen LogP contribution < -0.4 is 10.6 Å². The second kappa shape index (κ2) is 8.70. The number of benzene rings is 1. The predicted octanol–water partition coefficient (Wildman–Crippen LogP) is 4.70. The second-order valence-electron chi connectivity index (χ2n) is 6.14. The number of nitrogens with zero attached hydrogens (tertiary/aromatic N) is 2. The molecule has 1 aromatic carbocycles. The van der Waals surface area contributed by atoms with E-state index in [9.17, 15) is 22.4 Å². The first-order chi connectivity index (χ1) is 14.2. The Hall–Kier alpha value is -3.14. The van der Waals surface area contributed by atoms with Crippen LogP contribution >= 0.6 is 11.6 Å². The first-order valence-electron chi connectivity index (χ1n) is 8.65. The van der Waals surface area contributed by atoms with E-state index in [2.05, 4.69) is 20.8 Å². The van der Waals surface area contributed by atoms with E-state index in [4.69, 9.17) is 16.1 Å². The van der Waals surface area contributed by atoms with E-state index in [0.29, 0.717) is 0 Å². The van der Waals surface area contributed by atoms with Gasteiger partial charge in [0.2, 0.25) is 0 Å². The highest BCUT2D eigenvalue weighted by molar-refractivity contribution is 6.33. The van der Waals surface area contributed by atoms with E-state index in [0.717, 1.165) is 6.07 Å². The summed E-state index contributed by atoms with van der Waals surface area (Å²) in [5.41, 5.74) is -1.08. The van der Waals surface area contributed by atoms with Gasteiger partial charge >= 0.3 is 6.18 Å². The summed E-state index contributed by atoms with van der Waals surface area (Å²) >= 11 is 6.03. The van der Waals surface area contributed by atoms with Gasteiger partial charge in [-0.3, -0.25) is 4.79 Å². The molecule has 0 aliphatic carbocycles.